The molecule has 0 radical (unpaired) electrons. The second-order valence-corrected chi connectivity index (χ2v) is 5.34. The SMILES string of the molecule is CCOC(=O)c1sc2c(Br)cccc2c1Cl. The lowest BCUT2D eigenvalue weighted by atomic mass is 10.2. The van der Waals surface area contributed by atoms with Gasteiger partial charge in [0.1, 0.15) is 4.88 Å². The van der Waals surface area contributed by atoms with Gasteiger partial charge in [-0.25, -0.2) is 4.79 Å². The average Bonchev–Trinajstić information content (AvgIpc) is 2.59. The van der Waals surface area contributed by atoms with E-state index in [0.29, 0.717) is 16.5 Å². The number of hydrogen-bond acceptors (Lipinski definition) is 3. The Kier molecular flexibility index (Phi) is 3.52. The summed E-state index contributed by atoms with van der Waals surface area (Å²) < 4.78 is 6.86. The van der Waals surface area contributed by atoms with Gasteiger partial charge < -0.3 is 4.74 Å². The average molecular weight is 320 g/mol. The molecule has 84 valence electrons. The predicted molar refractivity (Wildman–Crippen MR) is 70.5 cm³/mol. The van der Waals surface area contributed by atoms with Crippen molar-refractivity contribution in [2.75, 3.05) is 6.61 Å². The Morgan fingerprint density at radius 2 is 2.31 bits per heavy atom. The number of halogens is 2. The lowest BCUT2D eigenvalue weighted by molar-refractivity contribution is 0.0532. The monoisotopic (exact) mass is 318 g/mol. The lowest BCUT2D eigenvalue weighted by Crippen LogP contribution is -2.02. The Labute approximate surface area is 110 Å². The molecule has 0 unspecified atom stereocenters. The fraction of sp³-hybridized carbons (Fsp3) is 0.182. The molecule has 2 rings (SSSR count). The molecule has 0 aliphatic rings. The fourth-order valence-electron chi connectivity index (χ4n) is 1.38. The van der Waals surface area contributed by atoms with Crippen LogP contribution in [-0.4, -0.2) is 12.6 Å². The molecule has 2 nitrogen and oxygen atoms in total. The van der Waals surface area contributed by atoms with Crippen LogP contribution in [0.5, 0.6) is 0 Å². The highest BCUT2D eigenvalue weighted by atomic mass is 79.9. The molecule has 0 aliphatic carbocycles. The Hall–Kier alpha value is -0.580. The highest BCUT2D eigenvalue weighted by molar-refractivity contribution is 9.10. The number of esters is 1. The maximum atomic E-state index is 11.6. The molecule has 0 fully saturated rings. The van der Waals surface area contributed by atoms with Crippen LogP contribution < -0.4 is 0 Å². The van der Waals surface area contributed by atoms with E-state index in [1.165, 1.54) is 11.3 Å². The minimum atomic E-state index is -0.361. The van der Waals surface area contributed by atoms with Crippen molar-refractivity contribution in [2.24, 2.45) is 0 Å². The molecule has 1 heterocycles. The number of thiophene rings is 1. The van der Waals surface area contributed by atoms with Crippen LogP contribution in [0.3, 0.4) is 0 Å². The maximum absolute atomic E-state index is 11.6. The van der Waals surface area contributed by atoms with Crippen LogP contribution in [0.1, 0.15) is 16.6 Å². The molecule has 0 aliphatic heterocycles. The highest BCUT2D eigenvalue weighted by Gasteiger charge is 2.18. The minimum absolute atomic E-state index is 0.352. The minimum Gasteiger partial charge on any atom is -0.462 e. The largest absolute Gasteiger partial charge is 0.462 e. The normalized spacial score (nSPS) is 10.7. The summed E-state index contributed by atoms with van der Waals surface area (Å²) in [4.78, 5) is 12.1. The summed E-state index contributed by atoms with van der Waals surface area (Å²) in [6.07, 6.45) is 0. The van der Waals surface area contributed by atoms with Crippen LogP contribution in [0.25, 0.3) is 10.1 Å². The van der Waals surface area contributed by atoms with E-state index in [2.05, 4.69) is 15.9 Å². The Morgan fingerprint density at radius 3 is 2.94 bits per heavy atom. The van der Waals surface area contributed by atoms with E-state index in [-0.39, 0.29) is 5.97 Å². The summed E-state index contributed by atoms with van der Waals surface area (Å²) in [6, 6.07) is 5.70. The second kappa shape index (κ2) is 4.73. The summed E-state index contributed by atoms with van der Waals surface area (Å²) in [5.74, 6) is -0.361. The summed E-state index contributed by atoms with van der Waals surface area (Å²) >= 11 is 10.9. The van der Waals surface area contributed by atoms with Gasteiger partial charge in [-0.15, -0.1) is 11.3 Å². The van der Waals surface area contributed by atoms with Crippen molar-refractivity contribution in [3.05, 3.63) is 32.6 Å². The summed E-state index contributed by atoms with van der Waals surface area (Å²) in [7, 11) is 0. The van der Waals surface area contributed by atoms with Crippen molar-refractivity contribution >= 4 is 54.9 Å². The van der Waals surface area contributed by atoms with Crippen molar-refractivity contribution in [1.82, 2.24) is 0 Å². The molecule has 0 saturated heterocycles. The van der Waals surface area contributed by atoms with E-state index in [1.807, 2.05) is 18.2 Å². The summed E-state index contributed by atoms with van der Waals surface area (Å²) in [6.45, 7) is 2.12. The first kappa shape index (κ1) is 11.9. The van der Waals surface area contributed by atoms with Gasteiger partial charge in [0.15, 0.2) is 0 Å². The number of carbonyl (C=O) groups is 1. The number of hydrogen-bond donors (Lipinski definition) is 0. The first-order valence-corrected chi connectivity index (χ1v) is 6.67. The van der Waals surface area contributed by atoms with Gasteiger partial charge in [0.05, 0.1) is 16.3 Å². The van der Waals surface area contributed by atoms with Crippen LogP contribution in [0.15, 0.2) is 22.7 Å². The van der Waals surface area contributed by atoms with Crippen LogP contribution in [0.4, 0.5) is 0 Å². The molecule has 0 bridgehead atoms. The van der Waals surface area contributed by atoms with Crippen molar-refractivity contribution in [1.29, 1.82) is 0 Å². The van der Waals surface area contributed by atoms with Gasteiger partial charge >= 0.3 is 5.97 Å². The summed E-state index contributed by atoms with van der Waals surface area (Å²) in [5, 5.41) is 1.35. The Morgan fingerprint density at radius 1 is 1.56 bits per heavy atom. The van der Waals surface area contributed by atoms with Crippen molar-refractivity contribution in [3.63, 3.8) is 0 Å². The molecule has 0 spiro atoms. The van der Waals surface area contributed by atoms with Crippen molar-refractivity contribution in [3.8, 4) is 0 Å². The van der Waals surface area contributed by atoms with Gasteiger partial charge in [-0.3, -0.25) is 0 Å². The van der Waals surface area contributed by atoms with E-state index < -0.39 is 0 Å². The van der Waals surface area contributed by atoms with Crippen LogP contribution in [-0.2, 0) is 4.74 Å². The number of fused-ring (bicyclic) bond motifs is 1. The van der Waals surface area contributed by atoms with E-state index >= 15 is 0 Å². The molecular weight excluding hydrogens is 312 g/mol. The topological polar surface area (TPSA) is 26.3 Å². The second-order valence-electron chi connectivity index (χ2n) is 3.08. The smallest absolute Gasteiger partial charge is 0.349 e. The van der Waals surface area contributed by atoms with E-state index in [1.54, 1.807) is 6.92 Å². The molecule has 0 atom stereocenters. The standard InChI is InChI=1S/C11H8BrClO2S/c1-2-15-11(14)10-8(13)6-4-3-5-7(12)9(6)16-10/h3-5H,2H2,1H3. The number of benzene rings is 1. The number of carbonyl (C=O) groups excluding carboxylic acids is 1. The zero-order valence-corrected chi connectivity index (χ0v) is 11.6. The third-order valence-corrected chi connectivity index (χ3v) is 4.71. The molecule has 16 heavy (non-hydrogen) atoms. The van der Waals surface area contributed by atoms with E-state index in [0.717, 1.165) is 14.6 Å². The van der Waals surface area contributed by atoms with Gasteiger partial charge in [-0.2, -0.15) is 0 Å². The van der Waals surface area contributed by atoms with Gasteiger partial charge in [0.25, 0.3) is 0 Å². The van der Waals surface area contributed by atoms with Gasteiger partial charge in [-0.05, 0) is 28.9 Å². The molecule has 0 saturated carbocycles. The Balaban J connectivity index is 2.60. The van der Waals surface area contributed by atoms with Crippen molar-refractivity contribution < 1.29 is 9.53 Å². The molecule has 2 aromatic rings. The molecule has 1 aromatic heterocycles. The molecule has 0 N–H and O–H groups in total. The number of ether oxygens (including phenoxy) is 1. The van der Waals surface area contributed by atoms with E-state index in [9.17, 15) is 4.79 Å². The third-order valence-electron chi connectivity index (χ3n) is 2.07. The van der Waals surface area contributed by atoms with Crippen LogP contribution in [0, 0.1) is 0 Å². The predicted octanol–water partition coefficient (Wildman–Crippen LogP) is 4.49. The molecule has 1 aromatic carbocycles. The quantitative estimate of drug-likeness (QED) is 0.762. The highest BCUT2D eigenvalue weighted by Crippen LogP contribution is 2.39. The van der Waals surface area contributed by atoms with Crippen LogP contribution >= 0.6 is 38.9 Å². The van der Waals surface area contributed by atoms with Gasteiger partial charge in [0, 0.05) is 9.86 Å². The zero-order valence-electron chi connectivity index (χ0n) is 8.42. The number of rotatable bonds is 2. The summed E-state index contributed by atoms with van der Waals surface area (Å²) in [5.41, 5.74) is 0. The van der Waals surface area contributed by atoms with Gasteiger partial charge in [0.2, 0.25) is 0 Å². The molecule has 5 heteroatoms. The van der Waals surface area contributed by atoms with Crippen molar-refractivity contribution in [2.45, 2.75) is 6.92 Å². The fourth-order valence-corrected chi connectivity index (χ4v) is 3.39. The third kappa shape index (κ3) is 1.97. The zero-order chi connectivity index (χ0) is 11.7. The first-order chi connectivity index (χ1) is 7.65. The maximum Gasteiger partial charge on any atom is 0.349 e. The molecular formula is C11H8BrClO2S. The van der Waals surface area contributed by atoms with Crippen LogP contribution in [0.2, 0.25) is 5.02 Å². The molecule has 0 amide bonds. The van der Waals surface area contributed by atoms with Gasteiger partial charge in [-0.1, -0.05) is 23.7 Å². The Bertz CT molecular complexity index is 550. The lowest BCUT2D eigenvalue weighted by Gasteiger charge is -1.97. The van der Waals surface area contributed by atoms with E-state index in [4.69, 9.17) is 16.3 Å². The first-order valence-electron chi connectivity index (χ1n) is 4.68.